The van der Waals surface area contributed by atoms with Gasteiger partial charge in [-0.2, -0.15) is 4.98 Å². The summed E-state index contributed by atoms with van der Waals surface area (Å²) in [7, 11) is 0. The lowest BCUT2D eigenvalue weighted by atomic mass is 9.92. The van der Waals surface area contributed by atoms with Crippen molar-refractivity contribution in [2.24, 2.45) is 0 Å². The maximum atomic E-state index is 4.69. The number of rotatable bonds is 7. The highest BCUT2D eigenvalue weighted by Crippen LogP contribution is 2.34. The summed E-state index contributed by atoms with van der Waals surface area (Å²) in [5.74, 6) is 2.26. The van der Waals surface area contributed by atoms with E-state index in [0.29, 0.717) is 24.3 Å². The van der Waals surface area contributed by atoms with E-state index in [1.165, 1.54) is 11.1 Å². The summed E-state index contributed by atoms with van der Waals surface area (Å²) < 4.78 is 0. The van der Waals surface area contributed by atoms with Crippen LogP contribution in [0.3, 0.4) is 0 Å². The lowest BCUT2D eigenvalue weighted by molar-refractivity contribution is 0.837. The molecule has 0 saturated carbocycles. The first kappa shape index (κ1) is 19.8. The molecule has 0 amide bonds. The molecule has 0 spiro atoms. The van der Waals surface area contributed by atoms with Gasteiger partial charge in [0.1, 0.15) is 5.82 Å². The monoisotopic (exact) mass is 375 g/mol. The van der Waals surface area contributed by atoms with Crippen LogP contribution in [0.4, 0.5) is 17.5 Å². The van der Waals surface area contributed by atoms with Gasteiger partial charge >= 0.3 is 0 Å². The quantitative estimate of drug-likeness (QED) is 0.548. The molecule has 0 atom stereocenters. The standard InChI is InChI=1S/C23H29N5/c1-15(2)19-9-6-10-20(16(3)4)22(19)27-21-12-17(5)26-23(28-21)25-14-18-8-7-11-24-13-18/h6-13,15-16H,14H2,1-5H3,(H2,25,26,27,28). The van der Waals surface area contributed by atoms with Crippen LogP contribution in [0, 0.1) is 6.92 Å². The maximum absolute atomic E-state index is 4.69. The second-order valence-electron chi connectivity index (χ2n) is 7.68. The smallest absolute Gasteiger partial charge is 0.225 e. The molecular formula is C23H29N5. The summed E-state index contributed by atoms with van der Waals surface area (Å²) in [6.45, 7) is 11.5. The van der Waals surface area contributed by atoms with Gasteiger partial charge in [0.05, 0.1) is 0 Å². The number of nitrogens with zero attached hydrogens (tertiary/aromatic N) is 3. The molecule has 5 nitrogen and oxygen atoms in total. The van der Waals surface area contributed by atoms with Gasteiger partial charge in [-0.1, -0.05) is 52.0 Å². The highest BCUT2D eigenvalue weighted by Gasteiger charge is 2.15. The fourth-order valence-electron chi connectivity index (χ4n) is 3.22. The van der Waals surface area contributed by atoms with Crippen molar-refractivity contribution < 1.29 is 0 Å². The number of hydrogen-bond acceptors (Lipinski definition) is 5. The molecule has 5 heteroatoms. The normalized spacial score (nSPS) is 11.1. The molecule has 28 heavy (non-hydrogen) atoms. The van der Waals surface area contributed by atoms with Crippen molar-refractivity contribution >= 4 is 17.5 Å². The van der Waals surface area contributed by atoms with Gasteiger partial charge in [-0.25, -0.2) is 4.98 Å². The topological polar surface area (TPSA) is 62.7 Å². The Labute approximate surface area is 167 Å². The molecule has 0 fully saturated rings. The van der Waals surface area contributed by atoms with Crippen LogP contribution >= 0.6 is 0 Å². The van der Waals surface area contributed by atoms with E-state index >= 15 is 0 Å². The maximum Gasteiger partial charge on any atom is 0.225 e. The van der Waals surface area contributed by atoms with E-state index in [9.17, 15) is 0 Å². The van der Waals surface area contributed by atoms with Crippen LogP contribution in [-0.2, 0) is 6.54 Å². The van der Waals surface area contributed by atoms with E-state index in [4.69, 9.17) is 4.98 Å². The molecule has 0 aliphatic carbocycles. The number of nitrogens with one attached hydrogen (secondary N) is 2. The van der Waals surface area contributed by atoms with Crippen LogP contribution in [0.5, 0.6) is 0 Å². The van der Waals surface area contributed by atoms with Crippen molar-refractivity contribution in [2.45, 2.75) is 53.0 Å². The fraction of sp³-hybridized carbons (Fsp3) is 0.348. The zero-order chi connectivity index (χ0) is 20.1. The van der Waals surface area contributed by atoms with E-state index in [1.807, 2.05) is 31.3 Å². The summed E-state index contributed by atoms with van der Waals surface area (Å²) >= 11 is 0. The van der Waals surface area contributed by atoms with Crippen LogP contribution in [0.1, 0.15) is 61.9 Å². The van der Waals surface area contributed by atoms with Crippen LogP contribution < -0.4 is 10.6 Å². The Balaban J connectivity index is 1.88. The first-order valence-corrected chi connectivity index (χ1v) is 9.82. The van der Waals surface area contributed by atoms with Crippen LogP contribution in [0.25, 0.3) is 0 Å². The van der Waals surface area contributed by atoms with Crippen molar-refractivity contribution in [2.75, 3.05) is 10.6 Å². The number of aryl methyl sites for hydroxylation is 1. The average Bonchev–Trinajstić information content (AvgIpc) is 2.66. The molecule has 0 bridgehead atoms. The van der Waals surface area contributed by atoms with Gasteiger partial charge in [-0.3, -0.25) is 4.98 Å². The number of benzene rings is 1. The van der Waals surface area contributed by atoms with E-state index in [1.54, 1.807) is 6.20 Å². The highest BCUT2D eigenvalue weighted by atomic mass is 15.1. The van der Waals surface area contributed by atoms with E-state index in [0.717, 1.165) is 22.8 Å². The molecule has 2 aromatic heterocycles. The van der Waals surface area contributed by atoms with Crippen molar-refractivity contribution in [3.8, 4) is 0 Å². The van der Waals surface area contributed by atoms with Crippen molar-refractivity contribution in [3.63, 3.8) is 0 Å². The van der Waals surface area contributed by atoms with Crippen molar-refractivity contribution in [1.29, 1.82) is 0 Å². The largest absolute Gasteiger partial charge is 0.350 e. The van der Waals surface area contributed by atoms with Gasteiger partial charge in [0.15, 0.2) is 0 Å². The first-order chi connectivity index (χ1) is 13.4. The van der Waals surface area contributed by atoms with E-state index in [-0.39, 0.29) is 0 Å². The summed E-state index contributed by atoms with van der Waals surface area (Å²) in [4.78, 5) is 13.4. The second kappa shape index (κ2) is 8.83. The summed E-state index contributed by atoms with van der Waals surface area (Å²) in [6, 6.07) is 12.5. The number of hydrogen-bond donors (Lipinski definition) is 2. The van der Waals surface area contributed by atoms with Gasteiger partial charge < -0.3 is 10.6 Å². The molecule has 3 aromatic rings. The minimum absolute atomic E-state index is 0.423. The molecule has 0 radical (unpaired) electrons. The van der Waals surface area contributed by atoms with Crippen molar-refractivity contribution in [3.05, 3.63) is 71.2 Å². The number of para-hydroxylation sites is 1. The van der Waals surface area contributed by atoms with Crippen LogP contribution in [-0.4, -0.2) is 15.0 Å². The predicted octanol–water partition coefficient (Wildman–Crippen LogP) is 5.78. The molecule has 0 aliphatic heterocycles. The Morgan fingerprint density at radius 2 is 1.64 bits per heavy atom. The van der Waals surface area contributed by atoms with Crippen molar-refractivity contribution in [1.82, 2.24) is 15.0 Å². The predicted molar refractivity (Wildman–Crippen MR) is 116 cm³/mol. The van der Waals surface area contributed by atoms with Crippen LogP contribution in [0.15, 0.2) is 48.8 Å². The summed E-state index contributed by atoms with van der Waals surface area (Å²) in [6.07, 6.45) is 3.61. The Kier molecular flexibility index (Phi) is 6.24. The lowest BCUT2D eigenvalue weighted by Gasteiger charge is -2.21. The Morgan fingerprint density at radius 3 is 2.25 bits per heavy atom. The highest BCUT2D eigenvalue weighted by molar-refractivity contribution is 5.67. The molecule has 0 unspecified atom stereocenters. The Bertz CT molecular complexity index is 893. The van der Waals surface area contributed by atoms with Gasteiger partial charge in [0.2, 0.25) is 5.95 Å². The zero-order valence-corrected chi connectivity index (χ0v) is 17.3. The lowest BCUT2D eigenvalue weighted by Crippen LogP contribution is -2.08. The van der Waals surface area contributed by atoms with Gasteiger partial charge in [0.25, 0.3) is 0 Å². The number of anilines is 3. The third-order valence-corrected chi connectivity index (χ3v) is 4.65. The zero-order valence-electron chi connectivity index (χ0n) is 17.3. The molecular weight excluding hydrogens is 346 g/mol. The Morgan fingerprint density at radius 1 is 0.929 bits per heavy atom. The minimum atomic E-state index is 0.423. The van der Waals surface area contributed by atoms with E-state index in [2.05, 4.69) is 66.5 Å². The van der Waals surface area contributed by atoms with Gasteiger partial charge in [-0.05, 0) is 41.5 Å². The molecule has 3 rings (SSSR count). The molecule has 0 saturated heterocycles. The number of pyridine rings is 1. The molecule has 2 heterocycles. The third-order valence-electron chi connectivity index (χ3n) is 4.65. The Hall–Kier alpha value is -2.95. The van der Waals surface area contributed by atoms with Gasteiger partial charge in [-0.15, -0.1) is 0 Å². The third kappa shape index (κ3) is 4.85. The molecule has 1 aromatic carbocycles. The molecule has 2 N–H and O–H groups in total. The van der Waals surface area contributed by atoms with E-state index < -0.39 is 0 Å². The summed E-state index contributed by atoms with van der Waals surface area (Å²) in [5, 5.41) is 6.88. The fourth-order valence-corrected chi connectivity index (χ4v) is 3.22. The molecule has 0 aliphatic rings. The SMILES string of the molecule is Cc1cc(Nc2c(C(C)C)cccc2C(C)C)nc(NCc2cccnc2)n1. The van der Waals surface area contributed by atoms with Gasteiger partial charge in [0, 0.05) is 36.4 Å². The summed E-state index contributed by atoms with van der Waals surface area (Å²) in [5.41, 5.74) is 5.76. The molecule has 146 valence electrons. The average molecular weight is 376 g/mol. The number of aromatic nitrogens is 3. The minimum Gasteiger partial charge on any atom is -0.350 e. The first-order valence-electron chi connectivity index (χ1n) is 9.82. The second-order valence-corrected chi connectivity index (χ2v) is 7.68. The van der Waals surface area contributed by atoms with Crippen LogP contribution in [0.2, 0.25) is 0 Å².